The average molecular weight is 387 g/mol. The number of halogens is 1. The number of rotatable bonds is 4. The topological polar surface area (TPSA) is 43.9 Å². The van der Waals surface area contributed by atoms with Gasteiger partial charge in [-0.2, -0.15) is 0 Å². The lowest BCUT2D eigenvalue weighted by Crippen LogP contribution is -2.57. The van der Waals surface area contributed by atoms with Crippen molar-refractivity contribution in [2.45, 2.75) is 64.2 Å². The van der Waals surface area contributed by atoms with Gasteiger partial charge < -0.3 is 9.80 Å². The Morgan fingerprint density at radius 2 is 1.96 bits per heavy atom. The summed E-state index contributed by atoms with van der Waals surface area (Å²) >= 11 is 0. The van der Waals surface area contributed by atoms with Crippen molar-refractivity contribution < 1.29 is 14.0 Å². The van der Waals surface area contributed by atoms with Crippen LogP contribution in [0.3, 0.4) is 0 Å². The molecule has 1 aliphatic carbocycles. The van der Waals surface area contributed by atoms with Gasteiger partial charge in [-0.05, 0) is 38.8 Å². The summed E-state index contributed by atoms with van der Waals surface area (Å²) in [5, 5.41) is 0. The van der Waals surface area contributed by atoms with Gasteiger partial charge in [0, 0.05) is 43.1 Å². The molecule has 0 aromatic heterocycles. The molecule has 2 saturated heterocycles. The van der Waals surface area contributed by atoms with Gasteiger partial charge in [0.2, 0.25) is 11.8 Å². The van der Waals surface area contributed by atoms with Crippen LogP contribution in [-0.4, -0.2) is 64.8 Å². The normalized spacial score (nSPS) is 31.4. The molecule has 3 aliphatic rings. The third kappa shape index (κ3) is 3.11. The van der Waals surface area contributed by atoms with E-state index in [0.29, 0.717) is 18.7 Å². The Kier molecular flexibility index (Phi) is 4.94. The number of likely N-dealkylation sites (N-methyl/N-ethyl adjacent to an activating group) is 1. The molecule has 1 saturated carbocycles. The van der Waals surface area contributed by atoms with Crippen LogP contribution in [0.5, 0.6) is 0 Å². The van der Waals surface area contributed by atoms with Crippen LogP contribution in [0.25, 0.3) is 0 Å². The fourth-order valence-electron chi connectivity index (χ4n) is 6.01. The predicted molar refractivity (Wildman–Crippen MR) is 105 cm³/mol. The number of piperidine rings is 1. The average Bonchev–Trinajstić information content (AvgIpc) is 2.93. The Morgan fingerprint density at radius 3 is 2.68 bits per heavy atom. The zero-order valence-corrected chi connectivity index (χ0v) is 17.0. The summed E-state index contributed by atoms with van der Waals surface area (Å²) in [4.78, 5) is 31.5. The molecule has 28 heavy (non-hydrogen) atoms. The maximum atomic E-state index is 13.9. The van der Waals surface area contributed by atoms with Crippen molar-refractivity contribution in [1.29, 1.82) is 0 Å². The fourth-order valence-corrected chi connectivity index (χ4v) is 6.01. The van der Waals surface area contributed by atoms with Crippen LogP contribution in [0.2, 0.25) is 0 Å². The monoisotopic (exact) mass is 387 g/mol. The van der Waals surface area contributed by atoms with E-state index in [1.165, 1.54) is 6.07 Å². The number of carbonyl (C=O) groups is 2. The first-order chi connectivity index (χ1) is 13.3. The molecule has 0 spiro atoms. The number of amides is 2. The number of hydrogen-bond donors (Lipinski definition) is 0. The summed E-state index contributed by atoms with van der Waals surface area (Å²) < 4.78 is 13.9. The molecule has 6 heteroatoms. The van der Waals surface area contributed by atoms with Crippen LogP contribution in [0, 0.1) is 11.2 Å². The molecule has 2 heterocycles. The zero-order valence-electron chi connectivity index (χ0n) is 17.0. The number of benzene rings is 1. The van der Waals surface area contributed by atoms with Crippen molar-refractivity contribution in [3.05, 3.63) is 35.6 Å². The fraction of sp³-hybridized carbons (Fsp3) is 0.636. The number of carbonyl (C=O) groups excluding carboxylic acids is 2. The predicted octanol–water partition coefficient (Wildman–Crippen LogP) is 2.65. The Balaban J connectivity index is 1.50. The third-order valence-electron chi connectivity index (χ3n) is 7.16. The summed E-state index contributed by atoms with van der Waals surface area (Å²) in [6.07, 6.45) is 4.08. The van der Waals surface area contributed by atoms with Crippen molar-refractivity contribution >= 4 is 11.8 Å². The van der Waals surface area contributed by atoms with Crippen molar-refractivity contribution in [2.24, 2.45) is 5.41 Å². The first-order valence-corrected chi connectivity index (χ1v) is 10.3. The minimum Gasteiger partial charge on any atom is -0.337 e. The van der Waals surface area contributed by atoms with E-state index in [1.807, 2.05) is 22.9 Å². The lowest BCUT2D eigenvalue weighted by Gasteiger charge is -2.49. The molecule has 5 nitrogen and oxygen atoms in total. The second-order valence-electron chi connectivity index (χ2n) is 9.06. The first kappa shape index (κ1) is 19.4. The molecule has 2 bridgehead atoms. The first-order valence-electron chi connectivity index (χ1n) is 10.3. The van der Waals surface area contributed by atoms with Crippen molar-refractivity contribution in [3.63, 3.8) is 0 Å². The second kappa shape index (κ2) is 7.14. The highest BCUT2D eigenvalue weighted by atomic mass is 19.1. The molecule has 0 unspecified atom stereocenters. The van der Waals surface area contributed by atoms with Gasteiger partial charge in [0.25, 0.3) is 0 Å². The van der Waals surface area contributed by atoms with E-state index < -0.39 is 0 Å². The van der Waals surface area contributed by atoms with Crippen LogP contribution < -0.4 is 0 Å². The molecule has 4 atom stereocenters. The maximum absolute atomic E-state index is 13.9. The van der Waals surface area contributed by atoms with E-state index in [1.54, 1.807) is 19.1 Å². The highest BCUT2D eigenvalue weighted by Crippen LogP contribution is 2.54. The third-order valence-corrected chi connectivity index (χ3v) is 7.16. The molecule has 1 aromatic rings. The SMILES string of the molecule is CC(=O)N1C[C@@H]2C[C@@]3(C)[C@H](CCC[C@@H]13)N2C(=O)CN(C)Cc1ccccc1F. The molecule has 2 aliphatic heterocycles. The lowest BCUT2D eigenvalue weighted by atomic mass is 9.66. The van der Waals surface area contributed by atoms with Gasteiger partial charge >= 0.3 is 0 Å². The molecular weight excluding hydrogens is 357 g/mol. The highest BCUT2D eigenvalue weighted by Gasteiger charge is 2.61. The van der Waals surface area contributed by atoms with E-state index in [0.717, 1.165) is 25.7 Å². The standard InChI is InChI=1S/C22H30FN3O2/c1-15(27)25-13-17-11-22(2)19(25)9-6-10-20(22)26(17)21(28)14-24(3)12-16-7-4-5-8-18(16)23/h4-5,7-8,17,19-20H,6,9-14H2,1-3H3/t17-,19+,20-,22+/m0/s1. The minimum atomic E-state index is -0.237. The van der Waals surface area contributed by atoms with E-state index in [9.17, 15) is 14.0 Å². The van der Waals surface area contributed by atoms with Crippen LogP contribution in [-0.2, 0) is 16.1 Å². The largest absolute Gasteiger partial charge is 0.337 e. The Labute approximate surface area is 166 Å². The molecule has 1 aromatic carbocycles. The quantitative estimate of drug-likeness (QED) is 0.798. The molecule has 3 fully saturated rings. The minimum absolute atomic E-state index is 0.00734. The lowest BCUT2D eigenvalue weighted by molar-refractivity contribution is -0.138. The molecule has 152 valence electrons. The summed E-state index contributed by atoms with van der Waals surface area (Å²) in [7, 11) is 1.86. The van der Waals surface area contributed by atoms with E-state index in [-0.39, 0.29) is 47.7 Å². The smallest absolute Gasteiger partial charge is 0.237 e. The number of likely N-dealkylation sites (tertiary alicyclic amines) is 2. The van der Waals surface area contributed by atoms with Crippen LogP contribution >= 0.6 is 0 Å². The molecular formula is C22H30FN3O2. The van der Waals surface area contributed by atoms with Gasteiger partial charge in [0.05, 0.1) is 12.6 Å². The van der Waals surface area contributed by atoms with Gasteiger partial charge in [-0.3, -0.25) is 14.5 Å². The molecule has 0 radical (unpaired) electrons. The number of fused-ring (bicyclic) bond motifs is 1. The molecule has 2 amide bonds. The van der Waals surface area contributed by atoms with Gasteiger partial charge in [-0.1, -0.05) is 25.1 Å². The maximum Gasteiger partial charge on any atom is 0.237 e. The van der Waals surface area contributed by atoms with E-state index >= 15 is 0 Å². The second-order valence-corrected chi connectivity index (χ2v) is 9.06. The van der Waals surface area contributed by atoms with E-state index in [2.05, 4.69) is 11.8 Å². The van der Waals surface area contributed by atoms with Gasteiger partial charge in [-0.15, -0.1) is 0 Å². The highest BCUT2D eigenvalue weighted by molar-refractivity contribution is 5.80. The molecule has 0 N–H and O–H groups in total. The van der Waals surface area contributed by atoms with Crippen molar-refractivity contribution in [1.82, 2.24) is 14.7 Å². The summed E-state index contributed by atoms with van der Waals surface area (Å²) in [5.74, 6) is -0.0188. The van der Waals surface area contributed by atoms with Crippen molar-refractivity contribution in [3.8, 4) is 0 Å². The summed E-state index contributed by atoms with van der Waals surface area (Å²) in [6, 6.07) is 7.25. The zero-order chi connectivity index (χ0) is 20.1. The van der Waals surface area contributed by atoms with Gasteiger partial charge in [0.15, 0.2) is 0 Å². The molecule has 4 rings (SSSR count). The Bertz CT molecular complexity index is 785. The summed E-state index contributed by atoms with van der Waals surface area (Å²) in [5.41, 5.74) is 0.595. The van der Waals surface area contributed by atoms with Crippen LogP contribution in [0.15, 0.2) is 24.3 Å². The van der Waals surface area contributed by atoms with Crippen molar-refractivity contribution in [2.75, 3.05) is 20.1 Å². The van der Waals surface area contributed by atoms with Gasteiger partial charge in [0.1, 0.15) is 5.82 Å². The number of hydrogen-bond acceptors (Lipinski definition) is 3. The Morgan fingerprint density at radius 1 is 1.25 bits per heavy atom. The Hall–Kier alpha value is -1.95. The number of nitrogens with zero attached hydrogens (tertiary/aromatic N) is 3. The van der Waals surface area contributed by atoms with E-state index in [4.69, 9.17) is 0 Å². The summed E-state index contributed by atoms with van der Waals surface area (Å²) in [6.45, 7) is 5.23. The van der Waals surface area contributed by atoms with Crippen LogP contribution in [0.1, 0.15) is 45.1 Å². The van der Waals surface area contributed by atoms with Crippen LogP contribution in [0.4, 0.5) is 4.39 Å². The van der Waals surface area contributed by atoms with Gasteiger partial charge in [-0.25, -0.2) is 4.39 Å².